The van der Waals surface area contributed by atoms with Crippen LogP contribution >= 0.6 is 0 Å². The molecule has 4 aliphatic carbocycles. The summed E-state index contributed by atoms with van der Waals surface area (Å²) in [5.41, 5.74) is 5.40. The fourth-order valence-corrected chi connectivity index (χ4v) is 7.66. The summed E-state index contributed by atoms with van der Waals surface area (Å²) >= 11 is 0. The van der Waals surface area contributed by atoms with Crippen LogP contribution in [0.3, 0.4) is 0 Å². The molecule has 6 atom stereocenters. The van der Waals surface area contributed by atoms with E-state index in [4.69, 9.17) is 4.74 Å². The van der Waals surface area contributed by atoms with Gasteiger partial charge in [-0.25, -0.2) is 4.79 Å². The van der Waals surface area contributed by atoms with Gasteiger partial charge in [-0.1, -0.05) is 25.0 Å². The van der Waals surface area contributed by atoms with Gasteiger partial charge in [0.1, 0.15) is 6.61 Å². The number of hydrogen-bond donors (Lipinski definition) is 1. The molecule has 0 aromatic rings. The monoisotopic (exact) mass is 356 g/mol. The third kappa shape index (κ3) is 2.25. The zero-order chi connectivity index (χ0) is 18.1. The van der Waals surface area contributed by atoms with Crippen LogP contribution in [0.5, 0.6) is 0 Å². The molecule has 1 aliphatic heterocycles. The Labute approximate surface area is 156 Å². The number of allylic oxidation sites excluding steroid dienone is 2. The molecule has 3 heteroatoms. The van der Waals surface area contributed by atoms with Crippen molar-refractivity contribution in [3.05, 3.63) is 22.8 Å². The van der Waals surface area contributed by atoms with Gasteiger partial charge in [-0.05, 0) is 91.9 Å². The van der Waals surface area contributed by atoms with Crippen molar-refractivity contribution in [1.29, 1.82) is 0 Å². The standard InChI is InChI=1S/C23H32O3/c1-22-9-7-16(24)12-15(22)3-4-17-19-6-5-18(14-11-21(25)26-13-14)23(19,2)10-8-20(17)22/h11,15-16,18,20,24H,3-10,12-13H2,1-2H3. The molecule has 0 bridgehead atoms. The first-order valence-electron chi connectivity index (χ1n) is 10.7. The number of cyclic esters (lactones) is 1. The molecular weight excluding hydrogens is 324 g/mol. The molecule has 0 radical (unpaired) electrons. The summed E-state index contributed by atoms with van der Waals surface area (Å²) < 4.78 is 5.23. The van der Waals surface area contributed by atoms with Crippen molar-refractivity contribution in [2.75, 3.05) is 6.61 Å². The van der Waals surface area contributed by atoms with E-state index in [0.717, 1.165) is 18.8 Å². The topological polar surface area (TPSA) is 46.5 Å². The van der Waals surface area contributed by atoms with Crippen LogP contribution in [0.15, 0.2) is 22.8 Å². The molecule has 26 heavy (non-hydrogen) atoms. The van der Waals surface area contributed by atoms with Crippen molar-refractivity contribution in [2.45, 2.75) is 77.7 Å². The van der Waals surface area contributed by atoms with Crippen LogP contribution in [-0.2, 0) is 9.53 Å². The Morgan fingerprint density at radius 3 is 2.69 bits per heavy atom. The van der Waals surface area contributed by atoms with Crippen LogP contribution in [0.2, 0.25) is 0 Å². The Balaban J connectivity index is 1.50. The summed E-state index contributed by atoms with van der Waals surface area (Å²) in [5.74, 6) is 1.78. The molecule has 1 heterocycles. The van der Waals surface area contributed by atoms with Gasteiger partial charge in [-0.2, -0.15) is 0 Å². The first kappa shape index (κ1) is 17.0. The second-order valence-corrected chi connectivity index (χ2v) is 10.1. The largest absolute Gasteiger partial charge is 0.458 e. The number of rotatable bonds is 1. The molecule has 0 spiro atoms. The highest BCUT2D eigenvalue weighted by atomic mass is 16.5. The van der Waals surface area contributed by atoms with Gasteiger partial charge >= 0.3 is 5.97 Å². The molecule has 0 aromatic heterocycles. The van der Waals surface area contributed by atoms with E-state index in [1.54, 1.807) is 17.2 Å². The van der Waals surface area contributed by atoms with Gasteiger partial charge in [0, 0.05) is 6.08 Å². The predicted octanol–water partition coefficient (Wildman–Crippen LogP) is 4.55. The van der Waals surface area contributed by atoms with Gasteiger partial charge in [-0.15, -0.1) is 0 Å². The number of hydrogen-bond acceptors (Lipinski definition) is 3. The lowest BCUT2D eigenvalue weighted by Crippen LogP contribution is -2.48. The number of ether oxygens (including phenoxy) is 1. The van der Waals surface area contributed by atoms with Gasteiger partial charge in [0.2, 0.25) is 0 Å². The average molecular weight is 357 g/mol. The molecule has 0 saturated heterocycles. The smallest absolute Gasteiger partial charge is 0.331 e. The molecule has 0 amide bonds. The highest BCUT2D eigenvalue weighted by molar-refractivity contribution is 5.85. The predicted molar refractivity (Wildman–Crippen MR) is 100 cm³/mol. The zero-order valence-corrected chi connectivity index (χ0v) is 16.2. The summed E-state index contributed by atoms with van der Waals surface area (Å²) in [4.78, 5) is 11.6. The first-order valence-corrected chi connectivity index (χ1v) is 10.7. The van der Waals surface area contributed by atoms with Crippen LogP contribution in [0.4, 0.5) is 0 Å². The van der Waals surface area contributed by atoms with E-state index in [1.165, 1.54) is 50.5 Å². The minimum Gasteiger partial charge on any atom is -0.458 e. The number of esters is 1. The van der Waals surface area contributed by atoms with Crippen LogP contribution in [0.1, 0.15) is 71.6 Å². The summed E-state index contributed by atoms with van der Waals surface area (Å²) in [7, 11) is 0. The lowest BCUT2D eigenvalue weighted by atomic mass is 9.49. The molecule has 142 valence electrons. The van der Waals surface area contributed by atoms with E-state index in [1.807, 2.05) is 0 Å². The maximum absolute atomic E-state index is 11.6. The first-order chi connectivity index (χ1) is 12.4. The van der Waals surface area contributed by atoms with E-state index in [0.29, 0.717) is 23.9 Å². The quantitative estimate of drug-likeness (QED) is 0.554. The second kappa shape index (κ2) is 5.70. The Kier molecular flexibility index (Phi) is 3.74. The molecule has 5 rings (SSSR count). The molecular formula is C23H32O3. The third-order valence-electron chi connectivity index (χ3n) is 9.10. The summed E-state index contributed by atoms with van der Waals surface area (Å²) in [6.07, 6.45) is 12.3. The second-order valence-electron chi connectivity index (χ2n) is 10.1. The van der Waals surface area contributed by atoms with Crippen molar-refractivity contribution in [1.82, 2.24) is 0 Å². The van der Waals surface area contributed by atoms with E-state index in [9.17, 15) is 9.90 Å². The van der Waals surface area contributed by atoms with E-state index < -0.39 is 0 Å². The van der Waals surface area contributed by atoms with Crippen LogP contribution in [-0.4, -0.2) is 23.8 Å². The lowest BCUT2D eigenvalue weighted by molar-refractivity contribution is -0.135. The minimum atomic E-state index is -0.146. The van der Waals surface area contributed by atoms with Crippen molar-refractivity contribution >= 4 is 5.97 Å². The zero-order valence-electron chi connectivity index (χ0n) is 16.2. The van der Waals surface area contributed by atoms with E-state index in [2.05, 4.69) is 13.8 Å². The number of carbonyl (C=O) groups is 1. The van der Waals surface area contributed by atoms with E-state index >= 15 is 0 Å². The molecule has 3 fully saturated rings. The number of carbonyl (C=O) groups excluding carboxylic acids is 1. The fraction of sp³-hybridized carbons (Fsp3) is 0.783. The van der Waals surface area contributed by atoms with Gasteiger partial charge in [-0.3, -0.25) is 0 Å². The van der Waals surface area contributed by atoms with Gasteiger partial charge in [0.05, 0.1) is 6.10 Å². The Bertz CT molecular complexity index is 704. The Hall–Kier alpha value is -1.09. The minimum absolute atomic E-state index is 0.0705. The Morgan fingerprint density at radius 2 is 1.92 bits per heavy atom. The normalized spacial score (nSPS) is 47.8. The fourth-order valence-electron chi connectivity index (χ4n) is 7.66. The third-order valence-corrected chi connectivity index (χ3v) is 9.10. The number of fused-ring (bicyclic) bond motifs is 4. The summed E-state index contributed by atoms with van der Waals surface area (Å²) in [6.45, 7) is 5.50. The summed E-state index contributed by atoms with van der Waals surface area (Å²) in [6, 6.07) is 0. The maximum atomic E-state index is 11.6. The number of aliphatic hydroxyl groups excluding tert-OH is 1. The molecule has 6 unspecified atom stereocenters. The number of aliphatic hydroxyl groups is 1. The van der Waals surface area contributed by atoms with Crippen LogP contribution < -0.4 is 0 Å². The van der Waals surface area contributed by atoms with Gasteiger partial charge in [0.15, 0.2) is 0 Å². The van der Waals surface area contributed by atoms with Crippen molar-refractivity contribution < 1.29 is 14.6 Å². The van der Waals surface area contributed by atoms with Crippen molar-refractivity contribution in [3.8, 4) is 0 Å². The van der Waals surface area contributed by atoms with Crippen LogP contribution in [0.25, 0.3) is 0 Å². The van der Waals surface area contributed by atoms with Crippen molar-refractivity contribution in [3.63, 3.8) is 0 Å². The highest BCUT2D eigenvalue weighted by Gasteiger charge is 2.55. The Morgan fingerprint density at radius 1 is 1.08 bits per heavy atom. The lowest BCUT2D eigenvalue weighted by Gasteiger charge is -2.56. The SMILES string of the molecule is CC12CCC3C(=C1CCC2C1=CC(=O)OC1)CCC1CC(O)CCC13C. The summed E-state index contributed by atoms with van der Waals surface area (Å²) in [5, 5.41) is 10.2. The molecule has 3 saturated carbocycles. The van der Waals surface area contributed by atoms with Gasteiger partial charge < -0.3 is 9.84 Å². The van der Waals surface area contributed by atoms with Crippen LogP contribution in [0, 0.1) is 28.6 Å². The molecule has 3 nitrogen and oxygen atoms in total. The average Bonchev–Trinajstić information content (AvgIpc) is 3.18. The molecule has 5 aliphatic rings. The van der Waals surface area contributed by atoms with Gasteiger partial charge in [0.25, 0.3) is 0 Å². The van der Waals surface area contributed by atoms with Crippen molar-refractivity contribution in [2.24, 2.45) is 28.6 Å². The molecule has 0 aromatic carbocycles. The van der Waals surface area contributed by atoms with E-state index in [-0.39, 0.29) is 17.5 Å². The highest BCUT2D eigenvalue weighted by Crippen LogP contribution is 2.65. The molecule has 1 N–H and O–H groups in total. The maximum Gasteiger partial charge on any atom is 0.331 e.